The van der Waals surface area contributed by atoms with Crippen molar-refractivity contribution < 1.29 is 14.1 Å². The minimum atomic E-state index is -0.496. The van der Waals surface area contributed by atoms with Gasteiger partial charge in [0.05, 0.1) is 15.8 Å². The summed E-state index contributed by atoms with van der Waals surface area (Å²) in [6.07, 6.45) is 0. The van der Waals surface area contributed by atoms with Crippen molar-refractivity contribution in [2.75, 3.05) is 5.43 Å². The third-order valence-electron chi connectivity index (χ3n) is 3.36. The van der Waals surface area contributed by atoms with Gasteiger partial charge >= 0.3 is 11.6 Å². The summed E-state index contributed by atoms with van der Waals surface area (Å²) in [6, 6.07) is 15.4. The van der Waals surface area contributed by atoms with E-state index in [1.54, 1.807) is 12.1 Å². The minimum Gasteiger partial charge on any atom is -0.280 e. The standard InChI is InChI=1S/C15H11N5O4/c21-17-16-15-14(12-7-4-8-13(9-12)20(22)23)19(18-24-15)10-11-5-2-1-3-6-11/h1-9H,10H2/p+1. The number of hydrogen-bond donors (Lipinski definition) is 1. The van der Waals surface area contributed by atoms with Crippen molar-refractivity contribution in [3.8, 4) is 11.3 Å². The highest BCUT2D eigenvalue weighted by atomic mass is 16.6. The topological polar surface area (TPSA) is 115 Å². The van der Waals surface area contributed by atoms with Gasteiger partial charge in [-0.25, -0.2) is 5.43 Å². The zero-order chi connectivity index (χ0) is 16.9. The Bertz CT molecular complexity index is 879. The number of nitrogens with one attached hydrogen (secondary N) is 1. The van der Waals surface area contributed by atoms with Crippen LogP contribution in [0.25, 0.3) is 11.3 Å². The molecule has 1 aromatic heterocycles. The van der Waals surface area contributed by atoms with Crippen molar-refractivity contribution in [3.05, 3.63) is 75.2 Å². The van der Waals surface area contributed by atoms with Gasteiger partial charge in [0.1, 0.15) is 0 Å². The maximum absolute atomic E-state index is 11.0. The van der Waals surface area contributed by atoms with Crippen molar-refractivity contribution in [2.24, 2.45) is 5.29 Å². The van der Waals surface area contributed by atoms with Gasteiger partial charge in [-0.2, -0.15) is 0 Å². The van der Waals surface area contributed by atoms with Gasteiger partial charge in [0.25, 0.3) is 5.69 Å². The fraction of sp³-hybridized carbons (Fsp3) is 0.0667. The minimum absolute atomic E-state index is 0.0152. The molecule has 3 rings (SSSR count). The van der Waals surface area contributed by atoms with Crippen molar-refractivity contribution in [2.45, 2.75) is 6.54 Å². The molecule has 120 valence electrons. The van der Waals surface area contributed by atoms with Crippen LogP contribution >= 0.6 is 0 Å². The number of anilines is 1. The Balaban J connectivity index is 2.07. The molecule has 0 spiro atoms. The van der Waals surface area contributed by atoms with E-state index in [1.165, 1.54) is 16.8 Å². The van der Waals surface area contributed by atoms with Crippen molar-refractivity contribution >= 4 is 11.6 Å². The molecule has 9 nitrogen and oxygen atoms in total. The number of aromatic nitrogens is 2. The fourth-order valence-electron chi connectivity index (χ4n) is 2.32. The molecule has 9 heteroatoms. The Labute approximate surface area is 135 Å². The summed E-state index contributed by atoms with van der Waals surface area (Å²) in [5.41, 5.74) is 3.92. The number of nitro groups is 1. The lowest BCUT2D eigenvalue weighted by atomic mass is 10.1. The SMILES string of the molecule is O=NNc1on[n+](Cc2ccccc2)c1-c1cccc([N+](=O)[O-])c1. The summed E-state index contributed by atoms with van der Waals surface area (Å²) < 4.78 is 6.60. The molecular weight excluding hydrogens is 314 g/mol. The number of benzene rings is 2. The number of hydrogen-bond acceptors (Lipinski definition) is 6. The smallest absolute Gasteiger partial charge is 0.280 e. The van der Waals surface area contributed by atoms with Crippen LogP contribution in [0.2, 0.25) is 0 Å². The van der Waals surface area contributed by atoms with Crippen LogP contribution in [0.3, 0.4) is 0 Å². The van der Waals surface area contributed by atoms with Gasteiger partial charge in [0.15, 0.2) is 0 Å². The van der Waals surface area contributed by atoms with Crippen LogP contribution in [0.15, 0.2) is 64.4 Å². The molecule has 0 bridgehead atoms. The van der Waals surface area contributed by atoms with E-state index < -0.39 is 4.92 Å². The van der Waals surface area contributed by atoms with Gasteiger partial charge in [-0.15, -0.1) is 4.91 Å². The molecule has 0 amide bonds. The summed E-state index contributed by atoms with van der Waals surface area (Å²) >= 11 is 0. The molecule has 1 N–H and O–H groups in total. The van der Waals surface area contributed by atoms with E-state index in [2.05, 4.69) is 16.0 Å². The monoisotopic (exact) mass is 326 g/mol. The van der Waals surface area contributed by atoms with Gasteiger partial charge in [0.2, 0.25) is 11.8 Å². The summed E-state index contributed by atoms with van der Waals surface area (Å²) in [7, 11) is 0. The Morgan fingerprint density at radius 1 is 1.21 bits per heavy atom. The first-order chi connectivity index (χ1) is 11.7. The van der Waals surface area contributed by atoms with Crippen LogP contribution in [-0.4, -0.2) is 10.2 Å². The van der Waals surface area contributed by atoms with Crippen molar-refractivity contribution in [1.82, 2.24) is 5.27 Å². The van der Waals surface area contributed by atoms with Crippen LogP contribution in [-0.2, 0) is 6.54 Å². The normalized spacial score (nSPS) is 10.3. The van der Waals surface area contributed by atoms with E-state index in [4.69, 9.17) is 4.52 Å². The number of rotatable bonds is 6. The molecule has 0 saturated heterocycles. The highest BCUT2D eigenvalue weighted by Crippen LogP contribution is 2.27. The summed E-state index contributed by atoms with van der Waals surface area (Å²) in [5, 5.41) is 17.5. The van der Waals surface area contributed by atoms with Gasteiger partial charge in [-0.3, -0.25) is 14.6 Å². The summed E-state index contributed by atoms with van der Waals surface area (Å²) in [6.45, 7) is 0.364. The Morgan fingerprint density at radius 2 is 2.00 bits per heavy atom. The molecular formula is C15H12N5O4+. The molecule has 0 aliphatic rings. The molecule has 2 aromatic carbocycles. The van der Waals surface area contributed by atoms with Crippen LogP contribution in [0, 0.1) is 15.0 Å². The first-order valence-electron chi connectivity index (χ1n) is 6.96. The van der Waals surface area contributed by atoms with Crippen LogP contribution < -0.4 is 10.1 Å². The number of nitro benzene ring substituents is 1. The Hall–Kier alpha value is -3.62. The zero-order valence-electron chi connectivity index (χ0n) is 12.3. The van der Waals surface area contributed by atoms with E-state index in [9.17, 15) is 15.0 Å². The third kappa shape index (κ3) is 3.09. The fourth-order valence-corrected chi connectivity index (χ4v) is 2.32. The third-order valence-corrected chi connectivity index (χ3v) is 3.36. The first kappa shape index (κ1) is 15.3. The van der Waals surface area contributed by atoms with Gasteiger partial charge in [-0.05, 0) is 10.7 Å². The second-order valence-corrected chi connectivity index (χ2v) is 4.90. The number of non-ortho nitro benzene ring substituents is 1. The van der Waals surface area contributed by atoms with E-state index in [-0.39, 0.29) is 11.6 Å². The number of nitroso groups, excluding NO2 is 1. The lowest BCUT2D eigenvalue weighted by Crippen LogP contribution is -2.38. The van der Waals surface area contributed by atoms with E-state index in [0.29, 0.717) is 17.8 Å². The predicted molar refractivity (Wildman–Crippen MR) is 83.8 cm³/mol. The van der Waals surface area contributed by atoms with E-state index >= 15 is 0 Å². The van der Waals surface area contributed by atoms with Gasteiger partial charge in [-0.1, -0.05) is 36.4 Å². The molecule has 0 fully saturated rings. The van der Waals surface area contributed by atoms with Gasteiger partial charge < -0.3 is 0 Å². The maximum atomic E-state index is 11.0. The largest absolute Gasteiger partial charge is 0.326 e. The number of nitrogens with zero attached hydrogens (tertiary/aromatic N) is 4. The van der Waals surface area contributed by atoms with E-state index in [0.717, 1.165) is 5.56 Å². The lowest BCUT2D eigenvalue weighted by Gasteiger charge is -1.98. The molecule has 0 atom stereocenters. The Kier molecular flexibility index (Phi) is 4.23. The quantitative estimate of drug-likeness (QED) is 0.322. The van der Waals surface area contributed by atoms with E-state index in [1.807, 2.05) is 30.3 Å². The Morgan fingerprint density at radius 3 is 2.71 bits per heavy atom. The lowest BCUT2D eigenvalue weighted by molar-refractivity contribution is -0.745. The van der Waals surface area contributed by atoms with Crippen LogP contribution in [0.1, 0.15) is 5.56 Å². The molecule has 0 saturated carbocycles. The van der Waals surface area contributed by atoms with Crippen LogP contribution in [0.4, 0.5) is 11.6 Å². The zero-order valence-corrected chi connectivity index (χ0v) is 12.3. The average Bonchev–Trinajstić information content (AvgIpc) is 2.98. The first-order valence-corrected chi connectivity index (χ1v) is 6.96. The van der Waals surface area contributed by atoms with Gasteiger partial charge in [0, 0.05) is 17.7 Å². The summed E-state index contributed by atoms with van der Waals surface area (Å²) in [4.78, 5) is 21.0. The summed E-state index contributed by atoms with van der Waals surface area (Å²) in [5.74, 6) is 0.0152. The molecule has 1 heterocycles. The second-order valence-electron chi connectivity index (χ2n) is 4.90. The molecule has 24 heavy (non-hydrogen) atoms. The molecule has 0 unspecified atom stereocenters. The molecule has 0 radical (unpaired) electrons. The predicted octanol–water partition coefficient (Wildman–Crippen LogP) is 2.68. The molecule has 3 aromatic rings. The second kappa shape index (κ2) is 6.65. The average molecular weight is 326 g/mol. The van der Waals surface area contributed by atoms with Crippen molar-refractivity contribution in [1.29, 1.82) is 0 Å². The highest BCUT2D eigenvalue weighted by molar-refractivity contribution is 5.68. The van der Waals surface area contributed by atoms with Crippen molar-refractivity contribution in [3.63, 3.8) is 0 Å². The van der Waals surface area contributed by atoms with Crippen LogP contribution in [0.5, 0.6) is 0 Å². The molecule has 0 aliphatic heterocycles. The highest BCUT2D eigenvalue weighted by Gasteiger charge is 2.28. The maximum Gasteiger partial charge on any atom is 0.326 e. The molecule has 0 aliphatic carbocycles.